The Kier molecular flexibility index (Phi) is 3.27. The summed E-state index contributed by atoms with van der Waals surface area (Å²) in [6.45, 7) is 6.54. The number of piperidine rings is 1. The van der Waals surface area contributed by atoms with E-state index in [1.807, 2.05) is 6.07 Å². The van der Waals surface area contributed by atoms with Crippen LogP contribution in [0, 0.1) is 5.41 Å². The highest BCUT2D eigenvalue weighted by atomic mass is 79.9. The van der Waals surface area contributed by atoms with Crippen molar-refractivity contribution in [3.8, 4) is 0 Å². The molecule has 3 heteroatoms. The Morgan fingerprint density at radius 3 is 2.69 bits per heavy atom. The van der Waals surface area contributed by atoms with Crippen LogP contribution >= 0.6 is 15.9 Å². The summed E-state index contributed by atoms with van der Waals surface area (Å²) in [5, 5.41) is 0. The molecule has 1 fully saturated rings. The summed E-state index contributed by atoms with van der Waals surface area (Å²) >= 11 is 3.60. The van der Waals surface area contributed by atoms with Crippen LogP contribution in [0.1, 0.15) is 20.3 Å². The molecular formula is C13H19BrN2. The van der Waals surface area contributed by atoms with Crippen LogP contribution in [-0.2, 0) is 0 Å². The summed E-state index contributed by atoms with van der Waals surface area (Å²) in [5.41, 5.74) is 7.75. The van der Waals surface area contributed by atoms with Gasteiger partial charge in [0.2, 0.25) is 0 Å². The molecule has 0 aliphatic carbocycles. The zero-order valence-corrected chi connectivity index (χ0v) is 11.5. The highest BCUT2D eigenvalue weighted by Crippen LogP contribution is 2.34. The number of halogens is 1. The van der Waals surface area contributed by atoms with Crippen molar-refractivity contribution in [2.24, 2.45) is 11.1 Å². The molecule has 0 bridgehead atoms. The smallest absolute Gasteiger partial charge is 0.0511 e. The minimum Gasteiger partial charge on any atom is -0.369 e. The van der Waals surface area contributed by atoms with Crippen molar-refractivity contribution in [2.45, 2.75) is 26.3 Å². The molecule has 1 atom stereocenters. The van der Waals surface area contributed by atoms with Gasteiger partial charge in [0.15, 0.2) is 0 Å². The van der Waals surface area contributed by atoms with Crippen LogP contribution in [0.5, 0.6) is 0 Å². The summed E-state index contributed by atoms with van der Waals surface area (Å²) < 4.78 is 1.15. The Morgan fingerprint density at radius 1 is 1.38 bits per heavy atom. The zero-order chi connectivity index (χ0) is 11.8. The Bertz CT molecular complexity index is 376. The predicted octanol–water partition coefficient (Wildman–Crippen LogP) is 3.01. The first-order valence-electron chi connectivity index (χ1n) is 5.76. The van der Waals surface area contributed by atoms with Gasteiger partial charge in [-0.3, -0.25) is 0 Å². The maximum absolute atomic E-state index is 6.23. The predicted molar refractivity (Wildman–Crippen MR) is 72.7 cm³/mol. The first-order valence-corrected chi connectivity index (χ1v) is 6.55. The summed E-state index contributed by atoms with van der Waals surface area (Å²) in [5.74, 6) is 0. The standard InChI is InChI=1S/C13H19BrN2/c1-13(2)7-8-16(9-12(13)15)11-6-4-3-5-10(11)14/h3-6,12H,7-9,15H2,1-2H3. The average Bonchev–Trinajstić information content (AvgIpc) is 2.23. The lowest BCUT2D eigenvalue weighted by Crippen LogP contribution is -2.53. The summed E-state index contributed by atoms with van der Waals surface area (Å²) in [6.07, 6.45) is 1.15. The lowest BCUT2D eigenvalue weighted by Gasteiger charge is -2.43. The van der Waals surface area contributed by atoms with E-state index in [1.54, 1.807) is 0 Å². The van der Waals surface area contributed by atoms with E-state index in [-0.39, 0.29) is 11.5 Å². The molecule has 0 aromatic heterocycles. The van der Waals surface area contributed by atoms with Gasteiger partial charge in [-0.15, -0.1) is 0 Å². The highest BCUT2D eigenvalue weighted by Gasteiger charge is 2.33. The monoisotopic (exact) mass is 282 g/mol. The molecular weight excluding hydrogens is 264 g/mol. The molecule has 88 valence electrons. The first-order chi connectivity index (χ1) is 7.50. The van der Waals surface area contributed by atoms with E-state index in [2.05, 4.69) is 52.9 Å². The molecule has 1 heterocycles. The zero-order valence-electron chi connectivity index (χ0n) is 9.91. The highest BCUT2D eigenvalue weighted by molar-refractivity contribution is 9.10. The van der Waals surface area contributed by atoms with Crippen LogP contribution in [0.3, 0.4) is 0 Å². The molecule has 1 unspecified atom stereocenters. The van der Waals surface area contributed by atoms with Gasteiger partial charge in [0, 0.05) is 23.6 Å². The minimum absolute atomic E-state index is 0.244. The number of anilines is 1. The van der Waals surface area contributed by atoms with Crippen LogP contribution in [-0.4, -0.2) is 19.1 Å². The van der Waals surface area contributed by atoms with Crippen molar-refractivity contribution in [1.29, 1.82) is 0 Å². The molecule has 1 aliphatic heterocycles. The van der Waals surface area contributed by atoms with Crippen LogP contribution < -0.4 is 10.6 Å². The molecule has 0 saturated carbocycles. The van der Waals surface area contributed by atoms with E-state index in [4.69, 9.17) is 5.73 Å². The SMILES string of the molecule is CC1(C)CCN(c2ccccc2Br)CC1N. The number of hydrogen-bond acceptors (Lipinski definition) is 2. The van der Waals surface area contributed by atoms with E-state index >= 15 is 0 Å². The molecule has 0 amide bonds. The quantitative estimate of drug-likeness (QED) is 0.858. The molecule has 16 heavy (non-hydrogen) atoms. The normalized spacial score (nSPS) is 24.5. The Hall–Kier alpha value is -0.540. The third-order valence-corrected chi connectivity index (χ3v) is 4.31. The maximum Gasteiger partial charge on any atom is 0.0511 e. The van der Waals surface area contributed by atoms with Gasteiger partial charge < -0.3 is 10.6 Å². The Balaban J connectivity index is 2.17. The number of hydrogen-bond donors (Lipinski definition) is 1. The van der Waals surface area contributed by atoms with Gasteiger partial charge in [0.1, 0.15) is 0 Å². The number of nitrogens with two attached hydrogens (primary N) is 1. The van der Waals surface area contributed by atoms with Crippen molar-refractivity contribution in [2.75, 3.05) is 18.0 Å². The minimum atomic E-state index is 0.244. The van der Waals surface area contributed by atoms with E-state index in [9.17, 15) is 0 Å². The second-order valence-corrected chi connectivity index (χ2v) is 6.10. The summed E-state index contributed by atoms with van der Waals surface area (Å²) in [7, 11) is 0. The van der Waals surface area contributed by atoms with Crippen LogP contribution in [0.15, 0.2) is 28.7 Å². The molecule has 1 aliphatic rings. The van der Waals surface area contributed by atoms with E-state index in [0.29, 0.717) is 0 Å². The number of rotatable bonds is 1. The van der Waals surface area contributed by atoms with Gasteiger partial charge >= 0.3 is 0 Å². The van der Waals surface area contributed by atoms with Gasteiger partial charge in [-0.05, 0) is 39.9 Å². The van der Waals surface area contributed by atoms with Crippen LogP contribution in [0.25, 0.3) is 0 Å². The van der Waals surface area contributed by atoms with Crippen molar-refractivity contribution >= 4 is 21.6 Å². The number of benzene rings is 1. The first kappa shape index (κ1) is 11.9. The second-order valence-electron chi connectivity index (χ2n) is 5.24. The molecule has 2 N–H and O–H groups in total. The Labute approximate surface area is 106 Å². The van der Waals surface area contributed by atoms with Gasteiger partial charge in [-0.2, -0.15) is 0 Å². The average molecular weight is 283 g/mol. The van der Waals surface area contributed by atoms with Crippen LogP contribution in [0.2, 0.25) is 0 Å². The van der Waals surface area contributed by atoms with Gasteiger partial charge in [0.25, 0.3) is 0 Å². The van der Waals surface area contributed by atoms with Crippen molar-refractivity contribution < 1.29 is 0 Å². The van der Waals surface area contributed by atoms with Gasteiger partial charge in [0.05, 0.1) is 5.69 Å². The fraction of sp³-hybridized carbons (Fsp3) is 0.538. The fourth-order valence-corrected chi connectivity index (χ4v) is 2.65. The molecule has 2 nitrogen and oxygen atoms in total. The van der Waals surface area contributed by atoms with E-state index in [0.717, 1.165) is 24.0 Å². The second kappa shape index (κ2) is 4.38. The molecule has 0 spiro atoms. The summed E-state index contributed by atoms with van der Waals surface area (Å²) in [6, 6.07) is 8.59. The maximum atomic E-state index is 6.23. The molecule has 1 aromatic carbocycles. The molecule has 0 radical (unpaired) electrons. The molecule has 1 aromatic rings. The van der Waals surface area contributed by atoms with Crippen molar-refractivity contribution in [3.05, 3.63) is 28.7 Å². The third kappa shape index (κ3) is 2.25. The van der Waals surface area contributed by atoms with E-state index in [1.165, 1.54) is 5.69 Å². The van der Waals surface area contributed by atoms with E-state index < -0.39 is 0 Å². The van der Waals surface area contributed by atoms with Crippen molar-refractivity contribution in [1.82, 2.24) is 0 Å². The molecule has 2 rings (SSSR count). The molecule has 1 saturated heterocycles. The fourth-order valence-electron chi connectivity index (χ4n) is 2.11. The Morgan fingerprint density at radius 2 is 2.06 bits per heavy atom. The lowest BCUT2D eigenvalue weighted by molar-refractivity contribution is 0.235. The lowest BCUT2D eigenvalue weighted by atomic mass is 9.78. The number of para-hydroxylation sites is 1. The van der Waals surface area contributed by atoms with Gasteiger partial charge in [-0.25, -0.2) is 0 Å². The van der Waals surface area contributed by atoms with Crippen LogP contribution in [0.4, 0.5) is 5.69 Å². The van der Waals surface area contributed by atoms with Crippen molar-refractivity contribution in [3.63, 3.8) is 0 Å². The topological polar surface area (TPSA) is 29.3 Å². The summed E-state index contributed by atoms with van der Waals surface area (Å²) in [4.78, 5) is 2.38. The third-order valence-electron chi connectivity index (χ3n) is 3.64. The van der Waals surface area contributed by atoms with Gasteiger partial charge in [-0.1, -0.05) is 26.0 Å². The number of nitrogens with zero attached hydrogens (tertiary/aromatic N) is 1. The largest absolute Gasteiger partial charge is 0.369 e.